The molecule has 0 radical (unpaired) electrons. The van der Waals surface area contributed by atoms with Crippen molar-refractivity contribution in [3.8, 4) is 11.1 Å². The highest BCUT2D eigenvalue weighted by Gasteiger charge is 1.97. The number of hydrogen-bond acceptors (Lipinski definition) is 3. The molecule has 0 atom stereocenters. The third-order valence-corrected chi connectivity index (χ3v) is 2.59. The van der Waals surface area contributed by atoms with Crippen molar-refractivity contribution >= 4 is 0 Å². The maximum absolute atomic E-state index is 8.67. The van der Waals surface area contributed by atoms with E-state index in [-0.39, 0.29) is 6.61 Å². The Morgan fingerprint density at radius 1 is 0.941 bits per heavy atom. The van der Waals surface area contributed by atoms with Crippen molar-refractivity contribution < 1.29 is 5.11 Å². The minimum Gasteiger partial charge on any atom is -0.395 e. The van der Waals surface area contributed by atoms with Gasteiger partial charge in [0.25, 0.3) is 0 Å². The number of hydrogen-bond donors (Lipinski definition) is 2. The monoisotopic (exact) mass is 228 g/mol. The fraction of sp³-hybridized carbons (Fsp3) is 0.214. The van der Waals surface area contributed by atoms with Crippen LogP contribution in [0.5, 0.6) is 0 Å². The van der Waals surface area contributed by atoms with Gasteiger partial charge in [0.1, 0.15) is 0 Å². The van der Waals surface area contributed by atoms with Crippen LogP contribution >= 0.6 is 0 Å². The smallest absolute Gasteiger partial charge is 0.0556 e. The Hall–Kier alpha value is -1.71. The predicted octanol–water partition coefficient (Wildman–Crippen LogP) is 1.83. The van der Waals surface area contributed by atoms with Crippen LogP contribution in [-0.2, 0) is 6.54 Å². The molecule has 1 heterocycles. The van der Waals surface area contributed by atoms with Gasteiger partial charge in [0.15, 0.2) is 0 Å². The molecule has 17 heavy (non-hydrogen) atoms. The molecule has 3 heteroatoms. The number of nitrogens with one attached hydrogen (secondary N) is 1. The van der Waals surface area contributed by atoms with Crippen molar-refractivity contribution in [2.24, 2.45) is 0 Å². The van der Waals surface area contributed by atoms with Gasteiger partial charge in [-0.05, 0) is 28.8 Å². The van der Waals surface area contributed by atoms with Crippen LogP contribution in [0, 0.1) is 0 Å². The summed E-state index contributed by atoms with van der Waals surface area (Å²) >= 11 is 0. The molecule has 1 aromatic heterocycles. The van der Waals surface area contributed by atoms with Crippen molar-refractivity contribution in [3.63, 3.8) is 0 Å². The maximum atomic E-state index is 8.67. The first kappa shape index (κ1) is 11.8. The first-order valence-electron chi connectivity index (χ1n) is 5.71. The third kappa shape index (κ3) is 3.37. The van der Waals surface area contributed by atoms with Crippen LogP contribution in [-0.4, -0.2) is 23.2 Å². The van der Waals surface area contributed by atoms with Gasteiger partial charge in [-0.3, -0.25) is 4.98 Å². The number of aliphatic hydroxyl groups excluding tert-OH is 1. The molecule has 0 aliphatic carbocycles. The lowest BCUT2D eigenvalue weighted by molar-refractivity contribution is 0.292. The summed E-state index contributed by atoms with van der Waals surface area (Å²) in [6.45, 7) is 1.60. The number of pyridine rings is 1. The maximum Gasteiger partial charge on any atom is 0.0556 e. The molecule has 0 bridgehead atoms. The van der Waals surface area contributed by atoms with E-state index in [9.17, 15) is 0 Å². The minimum absolute atomic E-state index is 0.176. The topological polar surface area (TPSA) is 45.1 Å². The predicted molar refractivity (Wildman–Crippen MR) is 68.5 cm³/mol. The summed E-state index contributed by atoms with van der Waals surface area (Å²) in [5.41, 5.74) is 3.59. The lowest BCUT2D eigenvalue weighted by atomic mass is 10.1. The normalized spacial score (nSPS) is 10.4. The Morgan fingerprint density at radius 3 is 2.24 bits per heavy atom. The van der Waals surface area contributed by atoms with E-state index in [1.165, 1.54) is 16.7 Å². The van der Waals surface area contributed by atoms with Gasteiger partial charge in [-0.15, -0.1) is 0 Å². The fourth-order valence-corrected chi connectivity index (χ4v) is 1.67. The van der Waals surface area contributed by atoms with E-state index in [2.05, 4.69) is 34.6 Å². The van der Waals surface area contributed by atoms with Crippen LogP contribution in [0.3, 0.4) is 0 Å². The molecule has 2 aromatic rings. The molecule has 0 saturated carbocycles. The van der Waals surface area contributed by atoms with Crippen LogP contribution in [0.1, 0.15) is 5.56 Å². The van der Waals surface area contributed by atoms with Crippen LogP contribution in [0.2, 0.25) is 0 Å². The minimum atomic E-state index is 0.176. The zero-order chi connectivity index (χ0) is 11.9. The van der Waals surface area contributed by atoms with Gasteiger partial charge in [-0.25, -0.2) is 0 Å². The Morgan fingerprint density at radius 2 is 1.59 bits per heavy atom. The molecule has 1 aromatic carbocycles. The molecule has 0 amide bonds. The zero-order valence-corrected chi connectivity index (χ0v) is 9.63. The van der Waals surface area contributed by atoms with Gasteiger partial charge in [-0.2, -0.15) is 0 Å². The van der Waals surface area contributed by atoms with Crippen LogP contribution in [0.15, 0.2) is 48.8 Å². The van der Waals surface area contributed by atoms with Gasteiger partial charge in [0, 0.05) is 25.5 Å². The Kier molecular flexibility index (Phi) is 4.24. The first-order valence-corrected chi connectivity index (χ1v) is 5.71. The molecule has 3 nitrogen and oxygen atoms in total. The van der Waals surface area contributed by atoms with Gasteiger partial charge in [-0.1, -0.05) is 24.3 Å². The summed E-state index contributed by atoms with van der Waals surface area (Å²) in [7, 11) is 0. The molecule has 2 rings (SSSR count). The van der Waals surface area contributed by atoms with E-state index >= 15 is 0 Å². The summed E-state index contributed by atoms with van der Waals surface area (Å²) in [4.78, 5) is 4.00. The fourth-order valence-electron chi connectivity index (χ4n) is 1.67. The molecule has 88 valence electrons. The Balaban J connectivity index is 2.03. The average molecular weight is 228 g/mol. The van der Waals surface area contributed by atoms with Crippen molar-refractivity contribution in [1.82, 2.24) is 10.3 Å². The van der Waals surface area contributed by atoms with Crippen molar-refractivity contribution in [2.75, 3.05) is 13.2 Å². The van der Waals surface area contributed by atoms with E-state index < -0.39 is 0 Å². The summed E-state index contributed by atoms with van der Waals surface area (Å²) in [5.74, 6) is 0. The van der Waals surface area contributed by atoms with Crippen molar-refractivity contribution in [1.29, 1.82) is 0 Å². The second-order valence-corrected chi connectivity index (χ2v) is 3.83. The lowest BCUT2D eigenvalue weighted by Crippen LogP contribution is -2.17. The number of nitrogens with zero attached hydrogens (tertiary/aromatic N) is 1. The van der Waals surface area contributed by atoms with Crippen molar-refractivity contribution in [3.05, 3.63) is 54.4 Å². The number of rotatable bonds is 5. The van der Waals surface area contributed by atoms with E-state index in [1.807, 2.05) is 12.1 Å². The van der Waals surface area contributed by atoms with Crippen molar-refractivity contribution in [2.45, 2.75) is 6.54 Å². The van der Waals surface area contributed by atoms with Crippen LogP contribution in [0.4, 0.5) is 0 Å². The standard InChI is InChI=1S/C14H16N2O/c17-10-9-16-11-12-1-3-13(4-2-12)14-5-7-15-8-6-14/h1-8,16-17H,9-11H2. The van der Waals surface area contributed by atoms with Gasteiger partial charge >= 0.3 is 0 Å². The molecule has 2 N–H and O–H groups in total. The molecule has 0 fully saturated rings. The summed E-state index contributed by atoms with van der Waals surface area (Å²) in [5, 5.41) is 11.8. The highest BCUT2D eigenvalue weighted by Crippen LogP contribution is 2.18. The Bertz CT molecular complexity index is 440. The first-order chi connectivity index (χ1) is 8.40. The molecule has 0 saturated heterocycles. The van der Waals surface area contributed by atoms with Gasteiger partial charge in [0.05, 0.1) is 6.61 Å². The van der Waals surface area contributed by atoms with Crippen LogP contribution < -0.4 is 5.32 Å². The SMILES string of the molecule is OCCNCc1ccc(-c2ccncc2)cc1. The van der Waals surface area contributed by atoms with E-state index in [1.54, 1.807) is 12.4 Å². The molecular formula is C14H16N2O. The molecule has 0 aliphatic rings. The zero-order valence-electron chi connectivity index (χ0n) is 9.63. The molecular weight excluding hydrogens is 212 g/mol. The highest BCUT2D eigenvalue weighted by molar-refractivity contribution is 5.62. The van der Waals surface area contributed by atoms with Crippen LogP contribution in [0.25, 0.3) is 11.1 Å². The number of aliphatic hydroxyl groups is 1. The molecule has 0 spiro atoms. The third-order valence-electron chi connectivity index (χ3n) is 2.59. The molecule has 0 unspecified atom stereocenters. The number of benzene rings is 1. The second-order valence-electron chi connectivity index (χ2n) is 3.83. The average Bonchev–Trinajstić information content (AvgIpc) is 2.41. The van der Waals surface area contributed by atoms with Gasteiger partial charge < -0.3 is 10.4 Å². The lowest BCUT2D eigenvalue weighted by Gasteiger charge is -2.05. The molecule has 0 aliphatic heterocycles. The highest BCUT2D eigenvalue weighted by atomic mass is 16.3. The summed E-state index contributed by atoms with van der Waals surface area (Å²) < 4.78 is 0. The quantitative estimate of drug-likeness (QED) is 0.767. The second kappa shape index (κ2) is 6.13. The largest absolute Gasteiger partial charge is 0.395 e. The van der Waals surface area contributed by atoms with E-state index in [4.69, 9.17) is 5.11 Å². The summed E-state index contributed by atoms with van der Waals surface area (Å²) in [6.07, 6.45) is 3.60. The Labute approximate surface area is 101 Å². The van der Waals surface area contributed by atoms with E-state index in [0.29, 0.717) is 6.54 Å². The summed E-state index contributed by atoms with van der Waals surface area (Å²) in [6, 6.07) is 12.4. The number of aromatic nitrogens is 1. The van der Waals surface area contributed by atoms with E-state index in [0.717, 1.165) is 6.54 Å². The van der Waals surface area contributed by atoms with Gasteiger partial charge in [0.2, 0.25) is 0 Å².